The van der Waals surface area contributed by atoms with Crippen LogP contribution in [0.5, 0.6) is 0 Å². The van der Waals surface area contributed by atoms with Crippen LogP contribution in [0, 0.1) is 0 Å². The van der Waals surface area contributed by atoms with Gasteiger partial charge in [0.15, 0.2) is 5.60 Å². The molecular formula is C28H27F3O8S. The molecule has 1 unspecified atom stereocenters. The van der Waals surface area contributed by atoms with Crippen LogP contribution in [-0.4, -0.2) is 64.1 Å². The van der Waals surface area contributed by atoms with Crippen molar-refractivity contribution in [3.05, 3.63) is 113 Å². The summed E-state index contributed by atoms with van der Waals surface area (Å²) in [5.74, 6) is -0.759. The van der Waals surface area contributed by atoms with Crippen LogP contribution >= 0.6 is 0 Å². The third-order valence-corrected chi connectivity index (χ3v) is 7.72. The van der Waals surface area contributed by atoms with Crippen molar-refractivity contribution in [2.45, 2.75) is 48.1 Å². The second-order valence-corrected chi connectivity index (χ2v) is 11.0. The van der Waals surface area contributed by atoms with Gasteiger partial charge in [0, 0.05) is 12.8 Å². The Balaban J connectivity index is 1.88. The van der Waals surface area contributed by atoms with Crippen LogP contribution < -0.4 is 0 Å². The summed E-state index contributed by atoms with van der Waals surface area (Å²) in [6, 6.07) is 23.6. The van der Waals surface area contributed by atoms with Gasteiger partial charge in [0.1, 0.15) is 23.6 Å². The first-order chi connectivity index (χ1) is 18.8. The highest BCUT2D eigenvalue weighted by Crippen LogP contribution is 2.46. The Morgan fingerprint density at radius 1 is 0.850 bits per heavy atom. The Hall–Kier alpha value is -3.26. The van der Waals surface area contributed by atoms with Crippen molar-refractivity contribution in [1.82, 2.24) is 0 Å². The van der Waals surface area contributed by atoms with Crippen molar-refractivity contribution in [3.63, 3.8) is 0 Å². The zero-order chi connectivity index (χ0) is 29.2. The summed E-state index contributed by atoms with van der Waals surface area (Å²) in [4.78, 5) is 0. The molecule has 4 rings (SSSR count). The smallest absolute Gasteiger partial charge is 0.509 e. The number of aliphatic hydroxyl groups excluding tert-OH is 2. The largest absolute Gasteiger partial charge is 0.523 e. The number of ether oxygens (including phenoxy) is 1. The zero-order valence-corrected chi connectivity index (χ0v) is 21.7. The molecule has 40 heavy (non-hydrogen) atoms. The van der Waals surface area contributed by atoms with E-state index in [1.807, 2.05) is 0 Å². The van der Waals surface area contributed by atoms with Crippen LogP contribution in [0.25, 0.3) is 6.08 Å². The summed E-state index contributed by atoms with van der Waals surface area (Å²) in [7, 11) is -6.39. The molecule has 1 fully saturated rings. The Morgan fingerprint density at radius 2 is 1.30 bits per heavy atom. The van der Waals surface area contributed by atoms with Gasteiger partial charge in [-0.3, -0.25) is 0 Å². The summed E-state index contributed by atoms with van der Waals surface area (Å²) >= 11 is 0. The maximum Gasteiger partial charge on any atom is 0.523 e. The van der Waals surface area contributed by atoms with E-state index >= 15 is 0 Å². The highest BCUT2D eigenvalue weighted by atomic mass is 32.2. The molecule has 1 heterocycles. The van der Waals surface area contributed by atoms with E-state index in [0.29, 0.717) is 11.1 Å². The molecule has 3 aromatic rings. The monoisotopic (exact) mass is 580 g/mol. The molecule has 1 aliphatic rings. The molecule has 4 N–H and O–H groups in total. The maximum absolute atomic E-state index is 13.4. The Kier molecular flexibility index (Phi) is 8.41. The average Bonchev–Trinajstić information content (AvgIpc) is 2.90. The summed E-state index contributed by atoms with van der Waals surface area (Å²) in [6.45, 7) is 0. The van der Waals surface area contributed by atoms with Gasteiger partial charge in [-0.15, -0.1) is 0 Å². The van der Waals surface area contributed by atoms with Gasteiger partial charge in [-0.2, -0.15) is 21.6 Å². The molecule has 0 radical (unpaired) electrons. The number of hydrogen-bond donors (Lipinski definition) is 4. The normalized spacial score (nSPS) is 27.9. The third kappa shape index (κ3) is 5.92. The molecule has 0 saturated carbocycles. The quantitative estimate of drug-likeness (QED) is 0.181. The van der Waals surface area contributed by atoms with Gasteiger partial charge < -0.3 is 25.2 Å². The second-order valence-electron chi connectivity index (χ2n) is 9.48. The predicted molar refractivity (Wildman–Crippen MR) is 138 cm³/mol. The summed E-state index contributed by atoms with van der Waals surface area (Å²) in [6.07, 6.45) is -7.04. The van der Waals surface area contributed by atoms with Crippen LogP contribution in [-0.2, 0) is 31.9 Å². The maximum atomic E-state index is 13.4. The summed E-state index contributed by atoms with van der Waals surface area (Å²) < 4.78 is 74.3. The fraction of sp³-hybridized carbons (Fsp3) is 0.286. The first kappa shape index (κ1) is 29.7. The zero-order valence-electron chi connectivity index (χ0n) is 20.8. The lowest BCUT2D eigenvalue weighted by molar-refractivity contribution is -0.351. The number of hydrogen-bond acceptors (Lipinski definition) is 8. The highest BCUT2D eigenvalue weighted by molar-refractivity contribution is 7.87. The molecule has 3 aromatic carbocycles. The molecule has 5 atom stereocenters. The van der Waals surface area contributed by atoms with Crippen molar-refractivity contribution in [2.24, 2.45) is 0 Å². The van der Waals surface area contributed by atoms with E-state index in [4.69, 9.17) is 4.74 Å². The Morgan fingerprint density at radius 3 is 1.77 bits per heavy atom. The van der Waals surface area contributed by atoms with E-state index in [9.17, 15) is 42.0 Å². The number of alkyl halides is 3. The van der Waals surface area contributed by atoms with E-state index in [2.05, 4.69) is 4.18 Å². The summed E-state index contributed by atoms with van der Waals surface area (Å²) in [5.41, 5.74) is -10.7. The Bertz CT molecular complexity index is 1420. The summed E-state index contributed by atoms with van der Waals surface area (Å²) in [5, 5.41) is 46.3. The first-order valence-corrected chi connectivity index (χ1v) is 13.5. The van der Waals surface area contributed by atoms with Gasteiger partial charge in [-0.05, 0) is 22.8 Å². The molecule has 12 heteroatoms. The average molecular weight is 581 g/mol. The lowest BCUT2D eigenvalue weighted by Crippen LogP contribution is -2.76. The lowest BCUT2D eigenvalue weighted by Gasteiger charge is -2.55. The molecule has 8 nitrogen and oxygen atoms in total. The number of halogens is 3. The van der Waals surface area contributed by atoms with Crippen molar-refractivity contribution < 1.29 is 50.9 Å². The SMILES string of the molecule is O=S(=O)(OC1O[C@H](C(O)=Cc2ccccc2)[C@@H](O)[C@@](O)(Cc2ccccc2)[C@]1(O)Cc1ccccc1)C(F)(F)F. The van der Waals surface area contributed by atoms with Gasteiger partial charge in [-0.1, -0.05) is 91.0 Å². The minimum absolute atomic E-state index is 0.257. The van der Waals surface area contributed by atoms with Crippen LogP contribution in [0.3, 0.4) is 0 Å². The van der Waals surface area contributed by atoms with Crippen LogP contribution in [0.15, 0.2) is 96.8 Å². The molecule has 1 aliphatic heterocycles. The molecule has 214 valence electrons. The fourth-order valence-electron chi connectivity index (χ4n) is 4.64. The van der Waals surface area contributed by atoms with Crippen molar-refractivity contribution in [3.8, 4) is 0 Å². The molecule has 0 bridgehead atoms. The number of benzene rings is 3. The fourth-order valence-corrected chi connectivity index (χ4v) is 5.19. The first-order valence-electron chi connectivity index (χ1n) is 12.1. The van der Waals surface area contributed by atoms with Crippen molar-refractivity contribution in [1.29, 1.82) is 0 Å². The van der Waals surface area contributed by atoms with E-state index < -0.39 is 63.9 Å². The minimum atomic E-state index is -6.39. The minimum Gasteiger partial charge on any atom is -0.509 e. The predicted octanol–water partition coefficient (Wildman–Crippen LogP) is 3.49. The third-order valence-electron chi connectivity index (χ3n) is 6.72. The van der Waals surface area contributed by atoms with Gasteiger partial charge in [0.2, 0.25) is 6.29 Å². The molecule has 0 aliphatic carbocycles. The number of rotatable bonds is 8. The second kappa shape index (κ2) is 11.3. The number of aliphatic hydroxyl groups is 4. The molecule has 0 amide bonds. The Labute approximate surface area is 228 Å². The van der Waals surface area contributed by atoms with Crippen LogP contribution in [0.1, 0.15) is 16.7 Å². The van der Waals surface area contributed by atoms with Crippen LogP contribution in [0.4, 0.5) is 13.2 Å². The van der Waals surface area contributed by atoms with E-state index in [-0.39, 0.29) is 5.56 Å². The standard InChI is InChI=1S/C28H27F3O8S/c29-28(30,31)40(36,37)39-25-27(35,18-21-14-8-3-9-15-21)26(34,17-20-12-6-2-7-13-20)24(33)23(38-25)22(32)16-19-10-4-1-5-11-19/h1-16,23-25,32-35H,17-18H2/t23-,24-,25?,26+,27+/m1/s1. The van der Waals surface area contributed by atoms with Gasteiger partial charge in [0.25, 0.3) is 0 Å². The van der Waals surface area contributed by atoms with Crippen LogP contribution in [0.2, 0.25) is 0 Å². The van der Waals surface area contributed by atoms with E-state index in [1.54, 1.807) is 66.7 Å². The van der Waals surface area contributed by atoms with Gasteiger partial charge in [-0.25, -0.2) is 4.18 Å². The lowest BCUT2D eigenvalue weighted by atomic mass is 9.68. The molecule has 0 spiro atoms. The van der Waals surface area contributed by atoms with Crippen molar-refractivity contribution >= 4 is 16.2 Å². The van der Waals surface area contributed by atoms with Gasteiger partial charge in [0.05, 0.1) is 0 Å². The van der Waals surface area contributed by atoms with E-state index in [0.717, 1.165) is 6.08 Å². The molecule has 1 saturated heterocycles. The van der Waals surface area contributed by atoms with Crippen molar-refractivity contribution in [2.75, 3.05) is 0 Å². The van der Waals surface area contributed by atoms with E-state index in [1.165, 1.54) is 24.3 Å². The van der Waals surface area contributed by atoms with Gasteiger partial charge >= 0.3 is 15.6 Å². The molecular weight excluding hydrogens is 553 g/mol. The topological polar surface area (TPSA) is 134 Å². The molecule has 0 aromatic heterocycles. The highest BCUT2D eigenvalue weighted by Gasteiger charge is 2.67.